The van der Waals surface area contributed by atoms with Crippen LogP contribution in [-0.4, -0.2) is 12.1 Å². The number of alkyl halides is 4. The summed E-state index contributed by atoms with van der Waals surface area (Å²) in [5.74, 6) is -3.15. The molecule has 0 aromatic heterocycles. The van der Waals surface area contributed by atoms with Gasteiger partial charge in [-0.2, -0.15) is 13.2 Å². The second-order valence-corrected chi connectivity index (χ2v) is 8.40. The lowest BCUT2D eigenvalue weighted by molar-refractivity contribution is -0.147. The maximum absolute atomic E-state index is 14.4. The third-order valence-corrected chi connectivity index (χ3v) is 6.05. The van der Waals surface area contributed by atoms with Crippen molar-refractivity contribution in [1.82, 2.24) is 0 Å². The minimum absolute atomic E-state index is 0.0608. The first-order valence-electron chi connectivity index (χ1n) is 9.51. The van der Waals surface area contributed by atoms with E-state index in [1.807, 2.05) is 0 Å². The van der Waals surface area contributed by atoms with Gasteiger partial charge in [-0.15, -0.1) is 0 Å². The maximum atomic E-state index is 14.4. The zero-order valence-corrected chi connectivity index (χ0v) is 17.5. The fraction of sp³-hybridized carbons (Fsp3) is 0.348. The van der Waals surface area contributed by atoms with Gasteiger partial charge in [-0.05, 0) is 28.5 Å². The molecular formula is C23H20ClF5O2. The molecule has 166 valence electrons. The van der Waals surface area contributed by atoms with Gasteiger partial charge in [0.05, 0.1) is 5.92 Å². The van der Waals surface area contributed by atoms with E-state index >= 15 is 0 Å². The van der Waals surface area contributed by atoms with Crippen LogP contribution in [0.5, 0.6) is 0 Å². The van der Waals surface area contributed by atoms with Crippen LogP contribution in [0.2, 0.25) is 0 Å². The van der Waals surface area contributed by atoms with E-state index in [9.17, 15) is 26.7 Å². The molecule has 1 aliphatic carbocycles. The summed E-state index contributed by atoms with van der Waals surface area (Å²) in [5, 5.41) is -1.30. The molecule has 0 radical (unpaired) electrons. The number of ether oxygens (including phenoxy) is 1. The molecule has 0 N–H and O–H groups in total. The average Bonchev–Trinajstić information content (AvgIpc) is 3.26. The Hall–Kier alpha value is -2.41. The van der Waals surface area contributed by atoms with Gasteiger partial charge in [0.25, 0.3) is 0 Å². The first-order chi connectivity index (χ1) is 14.5. The van der Waals surface area contributed by atoms with Gasteiger partial charge >= 0.3 is 12.1 Å². The van der Waals surface area contributed by atoms with Crippen molar-refractivity contribution in [3.8, 4) is 11.1 Å². The smallest absolute Gasteiger partial charge is 0.426 e. The van der Waals surface area contributed by atoms with Gasteiger partial charge < -0.3 is 4.74 Å². The van der Waals surface area contributed by atoms with Crippen molar-refractivity contribution in [2.45, 2.75) is 33.3 Å². The van der Waals surface area contributed by atoms with Crippen LogP contribution >= 0.6 is 11.6 Å². The summed E-state index contributed by atoms with van der Waals surface area (Å²) in [7, 11) is 0. The van der Waals surface area contributed by atoms with Crippen molar-refractivity contribution in [3.05, 3.63) is 70.5 Å². The summed E-state index contributed by atoms with van der Waals surface area (Å²) in [4.78, 5) is 12.5. The normalized spacial score (nSPS) is 20.5. The number of halogens is 6. The van der Waals surface area contributed by atoms with Crippen LogP contribution in [0.4, 0.5) is 22.0 Å². The van der Waals surface area contributed by atoms with Crippen LogP contribution in [0.25, 0.3) is 11.1 Å². The van der Waals surface area contributed by atoms with Crippen molar-refractivity contribution in [3.63, 3.8) is 0 Å². The number of rotatable bonds is 6. The standard InChI is InChI=1S/C23H20ClF5O2/c1-22(2)17(10-19(24)23(27,28)29)20(22)21(30)31-12-16-15(11-25)14(8-9-18(16)26)13-6-4-3-5-7-13/h3-10,17,20H,11-12H2,1-2H3. The Bertz CT molecular complexity index is 999. The first-order valence-corrected chi connectivity index (χ1v) is 9.89. The molecule has 2 aromatic carbocycles. The summed E-state index contributed by atoms with van der Waals surface area (Å²) in [6, 6.07) is 11.4. The zero-order valence-electron chi connectivity index (χ0n) is 16.8. The lowest BCUT2D eigenvalue weighted by Gasteiger charge is -2.14. The number of hydrogen-bond donors (Lipinski definition) is 0. The summed E-state index contributed by atoms with van der Waals surface area (Å²) in [6.45, 7) is 1.73. The van der Waals surface area contributed by atoms with Gasteiger partial charge in [0, 0.05) is 11.1 Å². The highest BCUT2D eigenvalue weighted by atomic mass is 35.5. The van der Waals surface area contributed by atoms with Crippen molar-refractivity contribution in [2.75, 3.05) is 0 Å². The molecule has 1 fully saturated rings. The Morgan fingerprint density at radius 2 is 1.77 bits per heavy atom. The van der Waals surface area contributed by atoms with Crippen LogP contribution in [0, 0.1) is 23.1 Å². The van der Waals surface area contributed by atoms with Gasteiger partial charge in [0.1, 0.15) is 24.1 Å². The molecular weight excluding hydrogens is 439 g/mol. The van der Waals surface area contributed by atoms with Crippen molar-refractivity contribution < 1.29 is 31.5 Å². The molecule has 0 amide bonds. The predicted molar refractivity (Wildman–Crippen MR) is 107 cm³/mol. The second-order valence-electron chi connectivity index (χ2n) is 8.00. The Morgan fingerprint density at radius 1 is 1.13 bits per heavy atom. The molecule has 0 heterocycles. The van der Waals surface area contributed by atoms with Gasteiger partial charge in [-0.3, -0.25) is 4.79 Å². The quantitative estimate of drug-likeness (QED) is 0.345. The molecule has 31 heavy (non-hydrogen) atoms. The molecule has 0 spiro atoms. The molecule has 3 rings (SSSR count). The molecule has 2 nitrogen and oxygen atoms in total. The molecule has 0 bridgehead atoms. The number of benzene rings is 2. The molecule has 2 unspecified atom stereocenters. The lowest BCUT2D eigenvalue weighted by atomic mass is 9.96. The third-order valence-electron chi connectivity index (χ3n) is 5.71. The van der Waals surface area contributed by atoms with Crippen LogP contribution in [0.3, 0.4) is 0 Å². The summed E-state index contributed by atoms with van der Waals surface area (Å²) >= 11 is 5.29. The second kappa shape index (κ2) is 8.61. The molecule has 0 saturated heterocycles. The third kappa shape index (κ3) is 4.76. The van der Waals surface area contributed by atoms with E-state index in [2.05, 4.69) is 0 Å². The molecule has 1 saturated carbocycles. The van der Waals surface area contributed by atoms with E-state index in [0.29, 0.717) is 11.1 Å². The number of esters is 1. The molecule has 1 aliphatic rings. The lowest BCUT2D eigenvalue weighted by Crippen LogP contribution is -2.13. The number of allylic oxidation sites excluding steroid dienone is 2. The van der Waals surface area contributed by atoms with Gasteiger partial charge in [-0.1, -0.05) is 67.9 Å². The van der Waals surface area contributed by atoms with E-state index in [1.165, 1.54) is 12.1 Å². The maximum Gasteiger partial charge on any atom is 0.426 e. The van der Waals surface area contributed by atoms with E-state index in [0.717, 1.165) is 6.08 Å². The van der Waals surface area contributed by atoms with Gasteiger partial charge in [-0.25, -0.2) is 8.78 Å². The van der Waals surface area contributed by atoms with Crippen LogP contribution in [0.1, 0.15) is 25.0 Å². The van der Waals surface area contributed by atoms with Gasteiger partial charge in [0.15, 0.2) is 0 Å². The SMILES string of the molecule is CC1(C)C(C=C(Cl)C(F)(F)F)C1C(=O)OCc1c(F)ccc(-c2ccccc2)c1CF. The number of hydrogen-bond acceptors (Lipinski definition) is 2. The summed E-state index contributed by atoms with van der Waals surface area (Å²) < 4.78 is 71.5. The highest BCUT2D eigenvalue weighted by Gasteiger charge is 2.62. The minimum Gasteiger partial charge on any atom is -0.460 e. The fourth-order valence-electron chi connectivity index (χ4n) is 3.79. The Balaban J connectivity index is 1.79. The van der Waals surface area contributed by atoms with E-state index in [-0.39, 0.29) is 11.1 Å². The fourth-order valence-corrected chi connectivity index (χ4v) is 3.92. The first kappa shape index (κ1) is 23.3. The van der Waals surface area contributed by atoms with Crippen LogP contribution < -0.4 is 0 Å². The summed E-state index contributed by atoms with van der Waals surface area (Å²) in [5.41, 5.74) is 0.315. The minimum atomic E-state index is -4.70. The average molecular weight is 459 g/mol. The van der Waals surface area contributed by atoms with E-state index in [1.54, 1.807) is 44.2 Å². The van der Waals surface area contributed by atoms with Gasteiger partial charge in [0.2, 0.25) is 0 Å². The largest absolute Gasteiger partial charge is 0.460 e. The zero-order chi connectivity index (χ0) is 23.0. The number of carbonyl (C=O) groups is 1. The Labute approximate surface area is 181 Å². The van der Waals surface area contributed by atoms with Crippen molar-refractivity contribution in [1.29, 1.82) is 0 Å². The predicted octanol–water partition coefficient (Wildman–Crippen LogP) is 6.96. The Kier molecular flexibility index (Phi) is 6.46. The summed E-state index contributed by atoms with van der Waals surface area (Å²) in [6.07, 6.45) is -3.90. The van der Waals surface area contributed by atoms with Crippen LogP contribution in [-0.2, 0) is 22.8 Å². The molecule has 2 atom stereocenters. The van der Waals surface area contributed by atoms with Crippen LogP contribution in [0.15, 0.2) is 53.6 Å². The van der Waals surface area contributed by atoms with E-state index < -0.39 is 53.5 Å². The molecule has 0 aliphatic heterocycles. The topological polar surface area (TPSA) is 26.3 Å². The number of carbonyl (C=O) groups excluding carboxylic acids is 1. The van der Waals surface area contributed by atoms with Crippen molar-refractivity contribution in [2.24, 2.45) is 17.3 Å². The Morgan fingerprint density at radius 3 is 2.35 bits per heavy atom. The molecule has 2 aromatic rings. The highest BCUT2D eigenvalue weighted by Crippen LogP contribution is 2.60. The molecule has 8 heteroatoms. The van der Waals surface area contributed by atoms with E-state index in [4.69, 9.17) is 16.3 Å². The van der Waals surface area contributed by atoms with Crippen molar-refractivity contribution >= 4 is 17.6 Å². The monoisotopic (exact) mass is 458 g/mol. The highest BCUT2D eigenvalue weighted by molar-refractivity contribution is 6.30.